The smallest absolute Gasteiger partial charge is 0.407 e. The minimum absolute atomic E-state index is 0.307. The van der Waals surface area contributed by atoms with E-state index in [2.05, 4.69) is 0 Å². The number of nitrogens with zero attached hydrogens (tertiary/aromatic N) is 1. The van der Waals surface area contributed by atoms with Crippen molar-refractivity contribution in [2.45, 2.75) is 6.42 Å². The Hall–Kier alpha value is -1.77. The second-order valence-electron chi connectivity index (χ2n) is 3.09. The Kier molecular flexibility index (Phi) is 1.10. The van der Waals surface area contributed by atoms with Crippen LogP contribution in [0.1, 0.15) is 5.56 Å². The molecule has 1 aromatic heterocycles. The van der Waals surface area contributed by atoms with Crippen LogP contribution in [0.2, 0.25) is 0 Å². The number of oxazole rings is 1. The molecule has 0 saturated heterocycles. The van der Waals surface area contributed by atoms with Crippen molar-refractivity contribution in [1.82, 2.24) is 4.57 Å². The molecule has 1 aliphatic heterocycles. The lowest BCUT2D eigenvalue weighted by Gasteiger charge is -2.05. The average Bonchev–Trinajstić information content (AvgIpc) is 2.47. The van der Waals surface area contributed by atoms with Crippen LogP contribution in [0.4, 0.5) is 0 Å². The Morgan fingerprint density at radius 3 is 3.23 bits per heavy atom. The molecule has 3 nitrogen and oxygen atoms in total. The summed E-state index contributed by atoms with van der Waals surface area (Å²) in [7, 11) is 0. The van der Waals surface area contributed by atoms with E-state index < -0.39 is 0 Å². The highest BCUT2D eigenvalue weighted by molar-refractivity contribution is 5.80. The van der Waals surface area contributed by atoms with Gasteiger partial charge in [0.05, 0.1) is 5.52 Å². The van der Waals surface area contributed by atoms with Gasteiger partial charge in [0.15, 0.2) is 5.58 Å². The third kappa shape index (κ3) is 0.758. The van der Waals surface area contributed by atoms with E-state index in [0.29, 0.717) is 5.58 Å². The van der Waals surface area contributed by atoms with Crippen LogP contribution in [-0.4, -0.2) is 4.57 Å². The van der Waals surface area contributed by atoms with Gasteiger partial charge in [-0.1, -0.05) is 18.2 Å². The average molecular weight is 173 g/mol. The lowest BCUT2D eigenvalue weighted by Crippen LogP contribution is -2.10. The Morgan fingerprint density at radius 1 is 1.38 bits per heavy atom. The fourth-order valence-corrected chi connectivity index (χ4v) is 1.74. The van der Waals surface area contributed by atoms with Crippen LogP contribution in [0.5, 0.6) is 0 Å². The normalized spacial score (nSPS) is 13.8. The maximum absolute atomic E-state index is 11.3. The first-order chi connectivity index (χ1) is 6.36. The summed E-state index contributed by atoms with van der Waals surface area (Å²) in [5, 5.41) is 0. The highest BCUT2D eigenvalue weighted by Crippen LogP contribution is 2.21. The molecule has 1 aromatic carbocycles. The lowest BCUT2D eigenvalue weighted by molar-refractivity contribution is 0.544. The van der Waals surface area contributed by atoms with Crippen LogP contribution in [0.15, 0.2) is 33.5 Å². The molecule has 0 bridgehead atoms. The van der Waals surface area contributed by atoms with E-state index >= 15 is 0 Å². The van der Waals surface area contributed by atoms with E-state index in [1.807, 2.05) is 24.3 Å². The molecule has 0 N–H and O–H groups in total. The van der Waals surface area contributed by atoms with Crippen molar-refractivity contribution in [1.29, 1.82) is 0 Å². The molecule has 0 atom stereocenters. The third-order valence-electron chi connectivity index (χ3n) is 2.31. The Bertz CT molecular complexity index is 560. The SMILES string of the molecule is O=c1oc2cccc3c2n1C=CC3. The lowest BCUT2D eigenvalue weighted by atomic mass is 10.1. The molecule has 13 heavy (non-hydrogen) atoms. The van der Waals surface area contributed by atoms with E-state index in [1.54, 1.807) is 10.8 Å². The summed E-state index contributed by atoms with van der Waals surface area (Å²) < 4.78 is 6.62. The molecule has 3 heteroatoms. The number of aromatic nitrogens is 1. The Balaban J connectivity index is 2.65. The van der Waals surface area contributed by atoms with E-state index in [-0.39, 0.29) is 5.76 Å². The fourth-order valence-electron chi connectivity index (χ4n) is 1.74. The Morgan fingerprint density at radius 2 is 2.31 bits per heavy atom. The quantitative estimate of drug-likeness (QED) is 0.606. The largest absolute Gasteiger partial charge is 0.424 e. The van der Waals surface area contributed by atoms with Crippen molar-refractivity contribution in [3.05, 3.63) is 40.4 Å². The van der Waals surface area contributed by atoms with E-state index in [4.69, 9.17) is 4.42 Å². The van der Waals surface area contributed by atoms with Crippen molar-refractivity contribution in [3.63, 3.8) is 0 Å². The molecule has 0 amide bonds. The van der Waals surface area contributed by atoms with Gasteiger partial charge in [0, 0.05) is 6.20 Å². The first kappa shape index (κ1) is 6.71. The standard InChI is InChI=1S/C10H7NO2/c12-10-11-6-2-4-7-3-1-5-8(13-10)9(7)11/h1-3,5-6H,4H2. The molecule has 0 fully saturated rings. The summed E-state index contributed by atoms with van der Waals surface area (Å²) in [6.45, 7) is 0. The second-order valence-corrected chi connectivity index (χ2v) is 3.09. The fraction of sp³-hybridized carbons (Fsp3) is 0.100. The molecule has 1 aliphatic rings. The Labute approximate surface area is 73.9 Å². The minimum atomic E-state index is -0.307. The molecule has 0 aliphatic carbocycles. The van der Waals surface area contributed by atoms with Gasteiger partial charge in [-0.15, -0.1) is 0 Å². The topological polar surface area (TPSA) is 35.1 Å². The van der Waals surface area contributed by atoms with Gasteiger partial charge in [0.1, 0.15) is 0 Å². The maximum Gasteiger partial charge on any atom is 0.424 e. The molecule has 0 saturated carbocycles. The molecule has 0 radical (unpaired) electrons. The first-order valence-corrected chi connectivity index (χ1v) is 4.16. The minimum Gasteiger partial charge on any atom is -0.407 e. The van der Waals surface area contributed by atoms with Gasteiger partial charge in [0.25, 0.3) is 0 Å². The van der Waals surface area contributed by atoms with E-state index in [0.717, 1.165) is 17.5 Å². The summed E-state index contributed by atoms with van der Waals surface area (Å²) in [6, 6.07) is 5.73. The van der Waals surface area contributed by atoms with Gasteiger partial charge in [0.2, 0.25) is 0 Å². The molecule has 3 rings (SSSR count). The maximum atomic E-state index is 11.3. The molecule has 0 spiro atoms. The van der Waals surface area contributed by atoms with E-state index in [9.17, 15) is 4.79 Å². The molecule has 2 aromatic rings. The van der Waals surface area contributed by atoms with Crippen LogP contribution in [0.3, 0.4) is 0 Å². The van der Waals surface area contributed by atoms with Gasteiger partial charge >= 0.3 is 5.76 Å². The van der Waals surface area contributed by atoms with Gasteiger partial charge in [-0.3, -0.25) is 0 Å². The van der Waals surface area contributed by atoms with Crippen LogP contribution < -0.4 is 5.76 Å². The van der Waals surface area contributed by atoms with E-state index in [1.165, 1.54) is 0 Å². The molecule has 64 valence electrons. The highest BCUT2D eigenvalue weighted by atomic mass is 16.4. The van der Waals surface area contributed by atoms with Crippen LogP contribution in [-0.2, 0) is 6.42 Å². The highest BCUT2D eigenvalue weighted by Gasteiger charge is 2.12. The zero-order valence-corrected chi connectivity index (χ0v) is 6.86. The third-order valence-corrected chi connectivity index (χ3v) is 2.31. The van der Waals surface area contributed by atoms with Crippen molar-refractivity contribution in [2.75, 3.05) is 0 Å². The molecular weight excluding hydrogens is 166 g/mol. The number of benzene rings is 1. The number of para-hydroxylation sites is 1. The van der Waals surface area contributed by atoms with Gasteiger partial charge < -0.3 is 4.42 Å². The van der Waals surface area contributed by atoms with Gasteiger partial charge in [-0.2, -0.15) is 0 Å². The number of hydrogen-bond donors (Lipinski definition) is 0. The molecular formula is C10H7NO2. The van der Waals surface area contributed by atoms with Gasteiger partial charge in [-0.05, 0) is 18.1 Å². The molecule has 0 unspecified atom stereocenters. The van der Waals surface area contributed by atoms with Crippen molar-refractivity contribution in [3.8, 4) is 0 Å². The predicted octanol–water partition coefficient (Wildman–Crippen LogP) is 1.62. The summed E-state index contributed by atoms with van der Waals surface area (Å²) in [5.74, 6) is -0.307. The zero-order valence-electron chi connectivity index (χ0n) is 6.86. The van der Waals surface area contributed by atoms with Gasteiger partial charge in [-0.25, -0.2) is 9.36 Å². The van der Waals surface area contributed by atoms with Crippen molar-refractivity contribution in [2.24, 2.45) is 0 Å². The van der Waals surface area contributed by atoms with Crippen LogP contribution >= 0.6 is 0 Å². The summed E-state index contributed by atoms with van der Waals surface area (Å²) >= 11 is 0. The van der Waals surface area contributed by atoms with Crippen LogP contribution in [0, 0.1) is 0 Å². The molecule has 2 heterocycles. The summed E-state index contributed by atoms with van der Waals surface area (Å²) in [6.07, 6.45) is 4.59. The summed E-state index contributed by atoms with van der Waals surface area (Å²) in [4.78, 5) is 11.3. The van der Waals surface area contributed by atoms with Crippen molar-refractivity contribution >= 4 is 17.3 Å². The number of hydrogen-bond acceptors (Lipinski definition) is 2. The first-order valence-electron chi connectivity index (χ1n) is 4.16. The predicted molar refractivity (Wildman–Crippen MR) is 49.5 cm³/mol. The number of allylic oxidation sites excluding steroid dienone is 1. The van der Waals surface area contributed by atoms with Crippen molar-refractivity contribution < 1.29 is 4.42 Å². The second kappa shape index (κ2) is 2.13. The zero-order chi connectivity index (χ0) is 8.84. The van der Waals surface area contributed by atoms with Crippen LogP contribution in [0.25, 0.3) is 17.3 Å². The monoisotopic (exact) mass is 173 g/mol. The summed E-state index contributed by atoms with van der Waals surface area (Å²) in [5.41, 5.74) is 2.73. The number of rotatable bonds is 0.